The van der Waals surface area contributed by atoms with Gasteiger partial charge in [-0.25, -0.2) is 0 Å². The van der Waals surface area contributed by atoms with Gasteiger partial charge in [-0.1, -0.05) is 25.1 Å². The normalized spacial score (nSPS) is 21.3. The number of nitrogens with zero attached hydrogens (tertiary/aromatic N) is 2. The van der Waals surface area contributed by atoms with Gasteiger partial charge in [0, 0.05) is 36.3 Å². The zero-order valence-corrected chi connectivity index (χ0v) is 14.0. The molecule has 2 aromatic heterocycles. The van der Waals surface area contributed by atoms with Crippen LogP contribution in [0.2, 0.25) is 0 Å². The highest BCUT2D eigenvalue weighted by Gasteiger charge is 2.35. The molecule has 0 bridgehead atoms. The first kappa shape index (κ1) is 16.6. The summed E-state index contributed by atoms with van der Waals surface area (Å²) in [6, 6.07) is 7.36. The van der Waals surface area contributed by atoms with Gasteiger partial charge in [0.1, 0.15) is 5.76 Å². The van der Waals surface area contributed by atoms with E-state index in [1.807, 2.05) is 32.0 Å². The molecule has 6 heteroatoms. The number of amides is 1. The van der Waals surface area contributed by atoms with Crippen molar-refractivity contribution >= 4 is 5.91 Å². The molecule has 0 radical (unpaired) electrons. The standard InChI is InChI=1S/C18H23N3O3/c1-11(2)17-10-16(21-24-17)18(23)20-15(12-7-14(22)8-12)9-13-5-3-4-6-19-13/h3-6,10-12,14-15,22H,7-9H2,1-2H3,(H,20,23)/t12?,14?,15-/m1/s1. The van der Waals surface area contributed by atoms with Crippen LogP contribution in [0, 0.1) is 5.92 Å². The van der Waals surface area contributed by atoms with Crippen molar-refractivity contribution in [2.24, 2.45) is 5.92 Å². The lowest BCUT2D eigenvalue weighted by molar-refractivity contribution is 0.0237. The van der Waals surface area contributed by atoms with Crippen LogP contribution >= 0.6 is 0 Å². The van der Waals surface area contributed by atoms with E-state index >= 15 is 0 Å². The van der Waals surface area contributed by atoms with E-state index in [0.717, 1.165) is 5.69 Å². The van der Waals surface area contributed by atoms with Gasteiger partial charge < -0.3 is 14.9 Å². The van der Waals surface area contributed by atoms with Gasteiger partial charge in [0.2, 0.25) is 0 Å². The second kappa shape index (κ2) is 7.13. The SMILES string of the molecule is CC(C)c1cc(C(=O)N[C@H](Cc2ccccn2)C2CC(O)C2)no1. The minimum atomic E-state index is -0.266. The van der Waals surface area contributed by atoms with Gasteiger partial charge in [0.15, 0.2) is 5.69 Å². The van der Waals surface area contributed by atoms with Gasteiger partial charge in [-0.3, -0.25) is 9.78 Å². The fourth-order valence-corrected chi connectivity index (χ4v) is 2.95. The first-order valence-corrected chi connectivity index (χ1v) is 8.38. The van der Waals surface area contributed by atoms with Crippen molar-refractivity contribution in [2.45, 2.75) is 51.2 Å². The molecular formula is C18H23N3O3. The van der Waals surface area contributed by atoms with Gasteiger partial charge in [-0.2, -0.15) is 0 Å². The smallest absolute Gasteiger partial charge is 0.273 e. The maximum atomic E-state index is 12.5. The number of hydrogen-bond donors (Lipinski definition) is 2. The summed E-state index contributed by atoms with van der Waals surface area (Å²) >= 11 is 0. The number of carbonyl (C=O) groups is 1. The Balaban J connectivity index is 1.69. The highest BCUT2D eigenvalue weighted by Crippen LogP contribution is 2.31. The first-order chi connectivity index (χ1) is 11.5. The Morgan fingerprint density at radius 1 is 1.42 bits per heavy atom. The van der Waals surface area contributed by atoms with E-state index in [2.05, 4.69) is 15.5 Å². The van der Waals surface area contributed by atoms with Gasteiger partial charge >= 0.3 is 0 Å². The van der Waals surface area contributed by atoms with Crippen molar-refractivity contribution in [2.75, 3.05) is 0 Å². The fourth-order valence-electron chi connectivity index (χ4n) is 2.95. The van der Waals surface area contributed by atoms with E-state index in [4.69, 9.17) is 4.52 Å². The molecule has 2 aromatic rings. The number of nitrogens with one attached hydrogen (secondary N) is 1. The molecule has 24 heavy (non-hydrogen) atoms. The molecule has 0 spiro atoms. The molecule has 1 atom stereocenters. The number of rotatable bonds is 6. The molecule has 6 nitrogen and oxygen atoms in total. The summed E-state index contributed by atoms with van der Waals surface area (Å²) in [5, 5.41) is 16.5. The van der Waals surface area contributed by atoms with Crippen molar-refractivity contribution in [3.05, 3.63) is 47.6 Å². The Kier molecular flexibility index (Phi) is 4.94. The average molecular weight is 329 g/mol. The van der Waals surface area contributed by atoms with Gasteiger partial charge in [-0.05, 0) is 30.9 Å². The van der Waals surface area contributed by atoms with Crippen LogP contribution in [0.25, 0.3) is 0 Å². The quantitative estimate of drug-likeness (QED) is 0.849. The van der Waals surface area contributed by atoms with Crippen molar-refractivity contribution in [1.82, 2.24) is 15.5 Å². The van der Waals surface area contributed by atoms with Crippen molar-refractivity contribution in [3.63, 3.8) is 0 Å². The molecule has 0 aromatic carbocycles. The van der Waals surface area contributed by atoms with Crippen LogP contribution in [0.1, 0.15) is 54.5 Å². The lowest BCUT2D eigenvalue weighted by Gasteiger charge is -2.37. The predicted octanol–water partition coefficient (Wildman–Crippen LogP) is 2.31. The summed E-state index contributed by atoms with van der Waals surface area (Å²) in [4.78, 5) is 16.8. The third kappa shape index (κ3) is 3.82. The Bertz CT molecular complexity index is 678. The summed E-state index contributed by atoms with van der Waals surface area (Å²) < 4.78 is 5.20. The van der Waals surface area contributed by atoms with Crippen molar-refractivity contribution in [3.8, 4) is 0 Å². The molecule has 1 amide bonds. The molecule has 2 N–H and O–H groups in total. The number of hydrogen-bond acceptors (Lipinski definition) is 5. The topological polar surface area (TPSA) is 88.2 Å². The van der Waals surface area contributed by atoms with Crippen molar-refractivity contribution in [1.29, 1.82) is 0 Å². The van der Waals surface area contributed by atoms with Gasteiger partial charge in [-0.15, -0.1) is 0 Å². The number of pyridine rings is 1. The molecule has 3 rings (SSSR count). The minimum absolute atomic E-state index is 0.0741. The van der Waals surface area contributed by atoms with Crippen LogP contribution in [-0.2, 0) is 6.42 Å². The Hall–Kier alpha value is -2.21. The zero-order chi connectivity index (χ0) is 17.1. The Morgan fingerprint density at radius 2 is 2.21 bits per heavy atom. The molecule has 1 saturated carbocycles. The summed E-state index contributed by atoms with van der Waals surface area (Å²) in [5.41, 5.74) is 1.22. The summed E-state index contributed by atoms with van der Waals surface area (Å²) in [5.74, 6) is 0.890. The third-order valence-corrected chi connectivity index (χ3v) is 4.52. The maximum Gasteiger partial charge on any atom is 0.273 e. The van der Waals surface area contributed by atoms with Crippen LogP contribution < -0.4 is 5.32 Å². The lowest BCUT2D eigenvalue weighted by atomic mass is 9.76. The molecule has 0 unspecified atom stereocenters. The number of aromatic nitrogens is 2. The highest BCUT2D eigenvalue weighted by molar-refractivity contribution is 5.92. The molecule has 0 saturated heterocycles. The number of aliphatic hydroxyl groups excluding tert-OH is 1. The van der Waals surface area contributed by atoms with Crippen LogP contribution in [0.4, 0.5) is 0 Å². The van der Waals surface area contributed by atoms with Gasteiger partial charge in [0.05, 0.1) is 6.10 Å². The van der Waals surface area contributed by atoms with Crippen molar-refractivity contribution < 1.29 is 14.4 Å². The minimum Gasteiger partial charge on any atom is -0.393 e. The highest BCUT2D eigenvalue weighted by atomic mass is 16.5. The monoisotopic (exact) mass is 329 g/mol. The number of carbonyl (C=O) groups excluding carboxylic acids is 1. The van der Waals surface area contributed by atoms with E-state index in [-0.39, 0.29) is 29.9 Å². The first-order valence-electron chi connectivity index (χ1n) is 8.38. The third-order valence-electron chi connectivity index (χ3n) is 4.52. The van der Waals surface area contributed by atoms with Crippen LogP contribution in [0.15, 0.2) is 35.0 Å². The molecular weight excluding hydrogens is 306 g/mol. The lowest BCUT2D eigenvalue weighted by Crippen LogP contribution is -2.48. The average Bonchev–Trinajstić information content (AvgIpc) is 3.02. The molecule has 2 heterocycles. The molecule has 0 aliphatic heterocycles. The van der Waals surface area contributed by atoms with Crippen LogP contribution in [0.3, 0.4) is 0 Å². The fraction of sp³-hybridized carbons (Fsp3) is 0.500. The summed E-state index contributed by atoms with van der Waals surface area (Å²) in [6.45, 7) is 3.98. The van der Waals surface area contributed by atoms with E-state index in [1.54, 1.807) is 12.3 Å². The van der Waals surface area contributed by atoms with Gasteiger partial charge in [0.25, 0.3) is 5.91 Å². The Morgan fingerprint density at radius 3 is 2.79 bits per heavy atom. The Labute approximate surface area is 141 Å². The molecule has 1 aliphatic carbocycles. The predicted molar refractivity (Wildman–Crippen MR) is 88.5 cm³/mol. The summed E-state index contributed by atoms with van der Waals surface area (Å²) in [7, 11) is 0. The second-order valence-corrected chi connectivity index (χ2v) is 6.76. The van der Waals surface area contributed by atoms with E-state index in [1.165, 1.54) is 0 Å². The van der Waals surface area contributed by atoms with Crippen LogP contribution in [-0.4, -0.2) is 33.3 Å². The van der Waals surface area contributed by atoms with E-state index in [9.17, 15) is 9.90 Å². The molecule has 128 valence electrons. The molecule has 1 aliphatic rings. The largest absolute Gasteiger partial charge is 0.393 e. The van der Waals surface area contributed by atoms with E-state index < -0.39 is 0 Å². The zero-order valence-electron chi connectivity index (χ0n) is 14.0. The number of aliphatic hydroxyl groups is 1. The maximum absolute atomic E-state index is 12.5. The molecule has 1 fully saturated rings. The summed E-state index contributed by atoms with van der Waals surface area (Å²) in [6.07, 6.45) is 3.52. The van der Waals surface area contributed by atoms with Crippen LogP contribution in [0.5, 0.6) is 0 Å². The van der Waals surface area contributed by atoms with E-state index in [0.29, 0.717) is 30.7 Å². The second-order valence-electron chi connectivity index (χ2n) is 6.76.